The Kier molecular flexibility index (Phi) is 6.21. The van der Waals surface area contributed by atoms with E-state index in [0.717, 1.165) is 13.0 Å². The van der Waals surface area contributed by atoms with E-state index >= 15 is 0 Å². The van der Waals surface area contributed by atoms with Crippen molar-refractivity contribution in [1.29, 1.82) is 0 Å². The lowest BCUT2D eigenvalue weighted by molar-refractivity contribution is -0.118. The van der Waals surface area contributed by atoms with E-state index in [9.17, 15) is 13.2 Å². The van der Waals surface area contributed by atoms with Gasteiger partial charge in [0.25, 0.3) is 15.9 Å². The molecule has 0 saturated carbocycles. The van der Waals surface area contributed by atoms with Crippen LogP contribution in [0.2, 0.25) is 5.02 Å². The molecular formula is C19H20ClN3O4S. The highest BCUT2D eigenvalue weighted by atomic mass is 35.5. The number of carbonyl (C=O) groups excluding carboxylic acids is 1. The first-order valence-corrected chi connectivity index (χ1v) is 10.5. The van der Waals surface area contributed by atoms with Crippen molar-refractivity contribution in [3.05, 3.63) is 53.6 Å². The van der Waals surface area contributed by atoms with Crippen LogP contribution in [0.25, 0.3) is 0 Å². The molecule has 3 rings (SSSR count). The maximum atomic E-state index is 12.4. The fourth-order valence-corrected chi connectivity index (χ4v) is 3.99. The molecule has 0 bridgehead atoms. The second-order valence-corrected chi connectivity index (χ2v) is 8.37. The predicted molar refractivity (Wildman–Crippen MR) is 109 cm³/mol. The molecule has 2 aromatic carbocycles. The van der Waals surface area contributed by atoms with Crippen molar-refractivity contribution < 1.29 is 17.9 Å². The first kappa shape index (κ1) is 20.2. The van der Waals surface area contributed by atoms with Gasteiger partial charge in [-0.05, 0) is 48.9 Å². The standard InChI is InChI=1S/C19H20ClN3O4S/c1-23-11-3-6-18(23)22-28(25,26)17-9-7-15(8-10-17)21-19(24)13-27-16-5-2-4-14(20)12-16/h2,4-5,7-10,12H,3,6,11,13H2,1H3,(H,21,24). The van der Waals surface area contributed by atoms with Crippen LogP contribution in [-0.2, 0) is 14.8 Å². The molecule has 1 fully saturated rings. The van der Waals surface area contributed by atoms with Crippen molar-refractivity contribution in [2.75, 3.05) is 25.5 Å². The number of nitrogens with one attached hydrogen (secondary N) is 1. The monoisotopic (exact) mass is 421 g/mol. The third-order valence-corrected chi connectivity index (χ3v) is 5.72. The molecule has 148 valence electrons. The summed E-state index contributed by atoms with van der Waals surface area (Å²) < 4.78 is 34.1. The molecule has 1 saturated heterocycles. The van der Waals surface area contributed by atoms with Crippen LogP contribution < -0.4 is 10.1 Å². The smallest absolute Gasteiger partial charge is 0.283 e. The molecule has 1 aliphatic rings. The third kappa shape index (κ3) is 5.24. The van der Waals surface area contributed by atoms with Gasteiger partial charge in [-0.1, -0.05) is 17.7 Å². The van der Waals surface area contributed by atoms with Crippen molar-refractivity contribution in [2.45, 2.75) is 17.7 Å². The summed E-state index contributed by atoms with van der Waals surface area (Å²) in [7, 11) is -1.95. The van der Waals surface area contributed by atoms with Gasteiger partial charge >= 0.3 is 0 Å². The minimum Gasteiger partial charge on any atom is -0.484 e. The zero-order valence-electron chi connectivity index (χ0n) is 15.3. The molecule has 0 aromatic heterocycles. The molecule has 28 heavy (non-hydrogen) atoms. The number of halogens is 1. The molecule has 1 aliphatic heterocycles. The van der Waals surface area contributed by atoms with Crippen LogP contribution >= 0.6 is 11.6 Å². The zero-order valence-corrected chi connectivity index (χ0v) is 16.8. The van der Waals surface area contributed by atoms with E-state index in [1.165, 1.54) is 24.3 Å². The van der Waals surface area contributed by atoms with Gasteiger partial charge in [-0.3, -0.25) is 4.79 Å². The van der Waals surface area contributed by atoms with E-state index in [4.69, 9.17) is 16.3 Å². The summed E-state index contributed by atoms with van der Waals surface area (Å²) in [6.07, 6.45) is 1.55. The Balaban J connectivity index is 1.60. The number of hydrogen-bond donors (Lipinski definition) is 1. The summed E-state index contributed by atoms with van der Waals surface area (Å²) in [5.74, 6) is 0.680. The highest BCUT2D eigenvalue weighted by molar-refractivity contribution is 7.90. The number of nitrogens with zero attached hydrogens (tertiary/aromatic N) is 2. The van der Waals surface area contributed by atoms with E-state index in [-0.39, 0.29) is 17.4 Å². The zero-order chi connectivity index (χ0) is 20.1. The number of sulfonamides is 1. The lowest BCUT2D eigenvalue weighted by Gasteiger charge is -2.11. The average Bonchev–Trinajstić information content (AvgIpc) is 3.04. The number of anilines is 1. The van der Waals surface area contributed by atoms with Crippen molar-refractivity contribution in [3.63, 3.8) is 0 Å². The molecule has 0 unspecified atom stereocenters. The second-order valence-electron chi connectivity index (χ2n) is 6.33. The van der Waals surface area contributed by atoms with Gasteiger partial charge in [-0.15, -0.1) is 4.40 Å². The molecule has 0 aliphatic carbocycles. The summed E-state index contributed by atoms with van der Waals surface area (Å²) in [4.78, 5) is 13.9. The molecule has 0 radical (unpaired) electrons. The topological polar surface area (TPSA) is 88.1 Å². The van der Waals surface area contributed by atoms with Gasteiger partial charge in [0.2, 0.25) is 0 Å². The van der Waals surface area contributed by atoms with Crippen LogP contribution in [-0.4, -0.2) is 45.3 Å². The molecule has 9 heteroatoms. The fraction of sp³-hybridized carbons (Fsp3) is 0.263. The van der Waals surface area contributed by atoms with E-state index in [1.807, 2.05) is 11.9 Å². The Labute approximate surface area is 169 Å². The molecule has 1 heterocycles. The van der Waals surface area contributed by atoms with E-state index in [1.54, 1.807) is 24.3 Å². The second kappa shape index (κ2) is 8.62. The van der Waals surface area contributed by atoms with Gasteiger partial charge in [0, 0.05) is 30.7 Å². The summed E-state index contributed by atoms with van der Waals surface area (Å²) in [6, 6.07) is 12.6. The van der Waals surface area contributed by atoms with Crippen LogP contribution in [0.15, 0.2) is 57.8 Å². The highest BCUT2D eigenvalue weighted by Crippen LogP contribution is 2.20. The third-order valence-electron chi connectivity index (χ3n) is 4.16. The average molecular weight is 422 g/mol. The number of carbonyl (C=O) groups is 1. The lowest BCUT2D eigenvalue weighted by atomic mass is 10.3. The van der Waals surface area contributed by atoms with Crippen LogP contribution in [0.3, 0.4) is 0 Å². The number of amides is 1. The molecule has 0 atom stereocenters. The quantitative estimate of drug-likeness (QED) is 0.773. The Morgan fingerprint density at radius 1 is 1.25 bits per heavy atom. The number of ether oxygens (including phenoxy) is 1. The van der Waals surface area contributed by atoms with E-state index in [2.05, 4.69) is 9.71 Å². The molecule has 7 nitrogen and oxygen atoms in total. The van der Waals surface area contributed by atoms with Gasteiger partial charge in [0.1, 0.15) is 11.6 Å². The van der Waals surface area contributed by atoms with Gasteiger partial charge in [0.15, 0.2) is 6.61 Å². The van der Waals surface area contributed by atoms with Crippen molar-refractivity contribution in [2.24, 2.45) is 4.40 Å². The van der Waals surface area contributed by atoms with Gasteiger partial charge in [0.05, 0.1) is 4.90 Å². The normalized spacial score (nSPS) is 15.6. The van der Waals surface area contributed by atoms with Gasteiger partial charge in [-0.2, -0.15) is 8.42 Å². The Bertz CT molecular complexity index is 990. The van der Waals surface area contributed by atoms with Crippen LogP contribution in [0.5, 0.6) is 5.75 Å². The Hall–Kier alpha value is -2.58. The van der Waals surface area contributed by atoms with Gasteiger partial charge < -0.3 is 15.0 Å². The van der Waals surface area contributed by atoms with Crippen LogP contribution in [0, 0.1) is 0 Å². The molecule has 1 amide bonds. The summed E-state index contributed by atoms with van der Waals surface area (Å²) in [5, 5.41) is 3.17. The van der Waals surface area contributed by atoms with E-state index in [0.29, 0.717) is 28.7 Å². The summed E-state index contributed by atoms with van der Waals surface area (Å²) in [5.41, 5.74) is 0.462. The lowest BCUT2D eigenvalue weighted by Crippen LogP contribution is -2.20. The number of rotatable bonds is 6. The van der Waals surface area contributed by atoms with Gasteiger partial charge in [-0.25, -0.2) is 0 Å². The number of likely N-dealkylation sites (tertiary alicyclic amines) is 1. The first-order valence-electron chi connectivity index (χ1n) is 8.67. The maximum absolute atomic E-state index is 12.4. The van der Waals surface area contributed by atoms with Crippen molar-refractivity contribution in [3.8, 4) is 5.75 Å². The van der Waals surface area contributed by atoms with E-state index < -0.39 is 10.0 Å². The fourth-order valence-electron chi connectivity index (χ4n) is 2.71. The Morgan fingerprint density at radius 3 is 2.64 bits per heavy atom. The predicted octanol–water partition coefficient (Wildman–Crippen LogP) is 3.17. The first-order chi connectivity index (χ1) is 13.3. The number of amidine groups is 1. The molecule has 1 N–H and O–H groups in total. The minimum absolute atomic E-state index is 0.0773. The minimum atomic E-state index is -3.78. The highest BCUT2D eigenvalue weighted by Gasteiger charge is 2.20. The van der Waals surface area contributed by atoms with Crippen molar-refractivity contribution in [1.82, 2.24) is 4.90 Å². The molecule has 2 aromatic rings. The summed E-state index contributed by atoms with van der Waals surface area (Å²) in [6.45, 7) is 0.608. The van der Waals surface area contributed by atoms with Crippen molar-refractivity contribution >= 4 is 39.1 Å². The number of benzene rings is 2. The SMILES string of the molecule is CN1CCCC1=NS(=O)(=O)c1ccc(NC(=O)COc2cccc(Cl)c2)cc1. The summed E-state index contributed by atoms with van der Waals surface area (Å²) >= 11 is 5.86. The largest absolute Gasteiger partial charge is 0.484 e. The maximum Gasteiger partial charge on any atom is 0.283 e. The van der Waals surface area contributed by atoms with Crippen LogP contribution in [0.1, 0.15) is 12.8 Å². The molecular weight excluding hydrogens is 402 g/mol. The number of hydrogen-bond acceptors (Lipinski definition) is 4. The Morgan fingerprint density at radius 2 is 2.00 bits per heavy atom. The molecule has 0 spiro atoms. The van der Waals surface area contributed by atoms with Crippen LogP contribution in [0.4, 0.5) is 5.69 Å².